The topological polar surface area (TPSA) is 26.3 Å². The molecular formula is C6H5IO2S. The molecule has 0 aliphatic carbocycles. The van der Waals surface area contributed by atoms with Gasteiger partial charge in [-0.3, -0.25) is 4.79 Å². The fourth-order valence-electron chi connectivity index (χ4n) is 0.514. The Morgan fingerprint density at radius 3 is 2.90 bits per heavy atom. The van der Waals surface area contributed by atoms with Crippen LogP contribution in [0.4, 0.5) is 0 Å². The van der Waals surface area contributed by atoms with Gasteiger partial charge in [0.2, 0.25) is 0 Å². The van der Waals surface area contributed by atoms with Crippen LogP contribution in [0.2, 0.25) is 0 Å². The molecule has 0 atom stereocenters. The van der Waals surface area contributed by atoms with Gasteiger partial charge in [0, 0.05) is 18.4 Å². The SMILES string of the molecule is CC(=O)Oc1csc(I)c1. The third-order valence-corrected chi connectivity index (χ3v) is 2.57. The maximum absolute atomic E-state index is 10.4. The lowest BCUT2D eigenvalue weighted by atomic mass is 10.6. The van der Waals surface area contributed by atoms with E-state index in [0.717, 1.165) is 2.88 Å². The first-order valence-electron chi connectivity index (χ1n) is 2.61. The molecule has 10 heavy (non-hydrogen) atoms. The molecule has 0 bridgehead atoms. The molecule has 0 aliphatic heterocycles. The Bertz CT molecular complexity index is 244. The zero-order valence-electron chi connectivity index (χ0n) is 5.26. The minimum Gasteiger partial charge on any atom is -0.426 e. The second kappa shape index (κ2) is 3.34. The number of hydrogen-bond acceptors (Lipinski definition) is 3. The van der Waals surface area contributed by atoms with Crippen LogP contribution >= 0.6 is 33.9 Å². The Balaban J connectivity index is 2.67. The zero-order valence-corrected chi connectivity index (χ0v) is 8.23. The van der Waals surface area contributed by atoms with E-state index in [4.69, 9.17) is 4.74 Å². The molecule has 0 unspecified atom stereocenters. The van der Waals surface area contributed by atoms with E-state index in [9.17, 15) is 4.79 Å². The highest BCUT2D eigenvalue weighted by Gasteiger charge is 1.99. The van der Waals surface area contributed by atoms with E-state index < -0.39 is 0 Å². The molecule has 0 N–H and O–H groups in total. The number of hydrogen-bond donors (Lipinski definition) is 0. The van der Waals surface area contributed by atoms with E-state index in [2.05, 4.69) is 22.6 Å². The van der Waals surface area contributed by atoms with Crippen LogP contribution in [-0.4, -0.2) is 5.97 Å². The summed E-state index contributed by atoms with van der Waals surface area (Å²) < 4.78 is 5.92. The standard InChI is InChI=1S/C6H5IO2S/c1-4(8)9-5-2-6(7)10-3-5/h2-3H,1H3. The van der Waals surface area contributed by atoms with Gasteiger partial charge in [0.25, 0.3) is 0 Å². The molecular weight excluding hydrogens is 263 g/mol. The molecule has 1 rings (SSSR count). The van der Waals surface area contributed by atoms with Crippen molar-refractivity contribution in [3.63, 3.8) is 0 Å². The summed E-state index contributed by atoms with van der Waals surface area (Å²) in [6.07, 6.45) is 0. The Morgan fingerprint density at radius 2 is 2.50 bits per heavy atom. The lowest BCUT2D eigenvalue weighted by molar-refractivity contribution is -0.131. The van der Waals surface area contributed by atoms with E-state index in [-0.39, 0.29) is 5.97 Å². The highest BCUT2D eigenvalue weighted by Crippen LogP contribution is 2.22. The third-order valence-electron chi connectivity index (χ3n) is 0.805. The van der Waals surface area contributed by atoms with Crippen LogP contribution < -0.4 is 4.74 Å². The number of halogens is 1. The van der Waals surface area contributed by atoms with Gasteiger partial charge in [-0.2, -0.15) is 0 Å². The maximum Gasteiger partial charge on any atom is 0.308 e. The Kier molecular flexibility index (Phi) is 2.67. The quantitative estimate of drug-likeness (QED) is 0.577. The smallest absolute Gasteiger partial charge is 0.308 e. The molecule has 2 nitrogen and oxygen atoms in total. The van der Waals surface area contributed by atoms with E-state index in [1.165, 1.54) is 6.92 Å². The molecule has 0 aliphatic rings. The highest BCUT2D eigenvalue weighted by atomic mass is 127. The molecule has 54 valence electrons. The molecule has 0 saturated carbocycles. The lowest BCUT2D eigenvalue weighted by Gasteiger charge is -1.92. The van der Waals surface area contributed by atoms with E-state index in [1.54, 1.807) is 11.3 Å². The monoisotopic (exact) mass is 268 g/mol. The van der Waals surface area contributed by atoms with Gasteiger partial charge in [-0.05, 0) is 22.6 Å². The van der Waals surface area contributed by atoms with Gasteiger partial charge < -0.3 is 4.74 Å². The van der Waals surface area contributed by atoms with Crippen LogP contribution in [0.25, 0.3) is 0 Å². The van der Waals surface area contributed by atoms with Gasteiger partial charge in [-0.25, -0.2) is 0 Å². The molecule has 0 aromatic carbocycles. The summed E-state index contributed by atoms with van der Waals surface area (Å²) >= 11 is 3.73. The predicted octanol–water partition coefficient (Wildman–Crippen LogP) is 2.28. The van der Waals surface area contributed by atoms with Crippen LogP contribution in [0.3, 0.4) is 0 Å². The Morgan fingerprint density at radius 1 is 1.80 bits per heavy atom. The molecule has 0 radical (unpaired) electrons. The van der Waals surface area contributed by atoms with Crippen molar-refractivity contribution in [1.29, 1.82) is 0 Å². The average Bonchev–Trinajstić information content (AvgIpc) is 2.13. The summed E-state index contributed by atoms with van der Waals surface area (Å²) in [5.74, 6) is 0.371. The lowest BCUT2D eigenvalue weighted by Crippen LogP contribution is -1.99. The normalized spacial score (nSPS) is 9.40. The van der Waals surface area contributed by atoms with E-state index in [0.29, 0.717) is 5.75 Å². The van der Waals surface area contributed by atoms with Gasteiger partial charge >= 0.3 is 5.97 Å². The summed E-state index contributed by atoms with van der Waals surface area (Å²) in [5.41, 5.74) is 0. The average molecular weight is 268 g/mol. The molecule has 0 amide bonds. The summed E-state index contributed by atoms with van der Waals surface area (Å²) in [4.78, 5) is 10.4. The minimum atomic E-state index is -0.269. The fraction of sp³-hybridized carbons (Fsp3) is 0.167. The summed E-state index contributed by atoms with van der Waals surface area (Å²) in [6.45, 7) is 1.39. The number of carbonyl (C=O) groups excluding carboxylic acids is 1. The zero-order chi connectivity index (χ0) is 7.56. The van der Waals surface area contributed by atoms with Crippen molar-refractivity contribution < 1.29 is 9.53 Å². The molecule has 1 aromatic rings. The van der Waals surface area contributed by atoms with Crippen molar-refractivity contribution in [2.75, 3.05) is 0 Å². The Hall–Kier alpha value is -0.100. The van der Waals surface area contributed by atoms with Gasteiger partial charge in [0.05, 0.1) is 2.88 Å². The molecule has 0 saturated heterocycles. The molecule has 1 aromatic heterocycles. The predicted molar refractivity (Wildman–Crippen MR) is 48.3 cm³/mol. The fourth-order valence-corrected chi connectivity index (χ4v) is 1.73. The van der Waals surface area contributed by atoms with Crippen molar-refractivity contribution in [3.8, 4) is 5.75 Å². The first kappa shape index (κ1) is 8.00. The second-order valence-corrected chi connectivity index (χ2v) is 4.49. The number of thiophene rings is 1. The molecule has 4 heteroatoms. The number of carbonyl (C=O) groups is 1. The van der Waals surface area contributed by atoms with Crippen LogP contribution in [0.15, 0.2) is 11.4 Å². The largest absolute Gasteiger partial charge is 0.426 e. The Labute approximate surface area is 76.3 Å². The number of ether oxygens (including phenoxy) is 1. The van der Waals surface area contributed by atoms with Gasteiger partial charge in [-0.1, -0.05) is 0 Å². The number of rotatable bonds is 1. The second-order valence-electron chi connectivity index (χ2n) is 1.68. The first-order valence-corrected chi connectivity index (χ1v) is 4.57. The molecule has 1 heterocycles. The van der Waals surface area contributed by atoms with Crippen molar-refractivity contribution in [2.24, 2.45) is 0 Å². The van der Waals surface area contributed by atoms with Gasteiger partial charge in [0.15, 0.2) is 0 Å². The van der Waals surface area contributed by atoms with Crippen LogP contribution in [0, 0.1) is 2.88 Å². The van der Waals surface area contributed by atoms with Crippen molar-refractivity contribution in [1.82, 2.24) is 0 Å². The van der Waals surface area contributed by atoms with Gasteiger partial charge in [0.1, 0.15) is 5.75 Å². The van der Waals surface area contributed by atoms with Crippen LogP contribution in [-0.2, 0) is 4.79 Å². The van der Waals surface area contributed by atoms with Crippen LogP contribution in [0.5, 0.6) is 5.75 Å². The maximum atomic E-state index is 10.4. The highest BCUT2D eigenvalue weighted by molar-refractivity contribution is 14.1. The van der Waals surface area contributed by atoms with E-state index >= 15 is 0 Å². The summed E-state index contributed by atoms with van der Waals surface area (Å²) in [7, 11) is 0. The van der Waals surface area contributed by atoms with Crippen LogP contribution in [0.1, 0.15) is 6.92 Å². The molecule has 0 spiro atoms. The third kappa shape index (κ3) is 2.26. The van der Waals surface area contributed by atoms with Crippen molar-refractivity contribution >= 4 is 39.9 Å². The van der Waals surface area contributed by atoms with Gasteiger partial charge in [-0.15, -0.1) is 11.3 Å². The number of esters is 1. The summed E-state index contributed by atoms with van der Waals surface area (Å²) in [6, 6.07) is 1.83. The van der Waals surface area contributed by atoms with E-state index in [1.807, 2.05) is 11.4 Å². The minimum absolute atomic E-state index is 0.269. The summed E-state index contributed by atoms with van der Waals surface area (Å²) in [5, 5.41) is 1.81. The van der Waals surface area contributed by atoms with Crippen molar-refractivity contribution in [2.45, 2.75) is 6.92 Å². The first-order chi connectivity index (χ1) is 4.68. The van der Waals surface area contributed by atoms with Crippen molar-refractivity contribution in [3.05, 3.63) is 14.3 Å². The molecule has 0 fully saturated rings.